The van der Waals surface area contributed by atoms with Crippen LogP contribution in [0.4, 0.5) is 0 Å². The van der Waals surface area contributed by atoms with E-state index in [0.717, 1.165) is 5.56 Å². The van der Waals surface area contributed by atoms with Gasteiger partial charge in [0.1, 0.15) is 6.33 Å². The van der Waals surface area contributed by atoms with Gasteiger partial charge in [0.15, 0.2) is 0 Å². The van der Waals surface area contributed by atoms with Crippen molar-refractivity contribution in [3.8, 4) is 11.8 Å². The highest BCUT2D eigenvalue weighted by molar-refractivity contribution is 5.77. The van der Waals surface area contributed by atoms with Crippen LogP contribution in [0, 0.1) is 11.8 Å². The summed E-state index contributed by atoms with van der Waals surface area (Å²) in [6.07, 6.45) is 5.97. The summed E-state index contributed by atoms with van der Waals surface area (Å²) in [5, 5.41) is 2.87. The number of amides is 1. The van der Waals surface area contributed by atoms with E-state index in [2.05, 4.69) is 27.1 Å². The molecule has 1 amide bonds. The van der Waals surface area contributed by atoms with Gasteiger partial charge in [-0.25, -0.2) is 9.97 Å². The standard InChI is InChI=1S/C13H17N3O/c1-4-7-13(2,3)16-12(17)6-5-11-8-14-10-15-9-11/h8-10H,5-6H2,1-3H3,(H,16,17). The molecule has 4 heteroatoms. The maximum absolute atomic E-state index is 11.7. The fourth-order valence-corrected chi connectivity index (χ4v) is 1.47. The highest BCUT2D eigenvalue weighted by Crippen LogP contribution is 2.03. The number of hydrogen-bond acceptors (Lipinski definition) is 3. The van der Waals surface area contributed by atoms with Crippen LogP contribution in [0.1, 0.15) is 32.8 Å². The van der Waals surface area contributed by atoms with Crippen LogP contribution in [0.3, 0.4) is 0 Å². The molecule has 1 N–H and O–H groups in total. The van der Waals surface area contributed by atoms with E-state index in [1.165, 1.54) is 6.33 Å². The van der Waals surface area contributed by atoms with Gasteiger partial charge in [0.25, 0.3) is 0 Å². The van der Waals surface area contributed by atoms with Gasteiger partial charge in [0, 0.05) is 18.8 Å². The summed E-state index contributed by atoms with van der Waals surface area (Å²) in [4.78, 5) is 19.5. The summed E-state index contributed by atoms with van der Waals surface area (Å²) in [5.41, 5.74) is 0.487. The van der Waals surface area contributed by atoms with Gasteiger partial charge >= 0.3 is 0 Å². The van der Waals surface area contributed by atoms with Crippen molar-refractivity contribution >= 4 is 5.91 Å². The van der Waals surface area contributed by atoms with Gasteiger partial charge in [0.05, 0.1) is 5.54 Å². The number of hydrogen-bond donors (Lipinski definition) is 1. The van der Waals surface area contributed by atoms with Gasteiger partial charge in [0.2, 0.25) is 5.91 Å². The van der Waals surface area contributed by atoms with Crippen LogP contribution >= 0.6 is 0 Å². The SMILES string of the molecule is CC#CC(C)(C)NC(=O)CCc1cncnc1. The van der Waals surface area contributed by atoms with Crippen molar-refractivity contribution in [1.82, 2.24) is 15.3 Å². The minimum atomic E-state index is -0.473. The van der Waals surface area contributed by atoms with Gasteiger partial charge in [-0.3, -0.25) is 4.79 Å². The van der Waals surface area contributed by atoms with Gasteiger partial charge < -0.3 is 5.32 Å². The molecule has 0 saturated heterocycles. The van der Waals surface area contributed by atoms with Crippen molar-refractivity contribution in [2.24, 2.45) is 0 Å². The first-order chi connectivity index (χ1) is 8.03. The Morgan fingerprint density at radius 1 is 1.41 bits per heavy atom. The van der Waals surface area contributed by atoms with Crippen molar-refractivity contribution in [2.45, 2.75) is 39.2 Å². The molecular weight excluding hydrogens is 214 g/mol. The molecule has 0 aliphatic rings. The highest BCUT2D eigenvalue weighted by atomic mass is 16.1. The van der Waals surface area contributed by atoms with Gasteiger partial charge in [-0.15, -0.1) is 5.92 Å². The number of aryl methyl sites for hydroxylation is 1. The number of carbonyl (C=O) groups is 1. The summed E-state index contributed by atoms with van der Waals surface area (Å²) in [5.74, 6) is 5.73. The van der Waals surface area contributed by atoms with E-state index in [9.17, 15) is 4.79 Å². The number of aromatic nitrogens is 2. The Kier molecular flexibility index (Phi) is 4.65. The van der Waals surface area contributed by atoms with Gasteiger partial charge in [-0.1, -0.05) is 5.92 Å². The van der Waals surface area contributed by atoms with Gasteiger partial charge in [-0.2, -0.15) is 0 Å². The molecule has 0 bridgehead atoms. The predicted molar refractivity (Wildman–Crippen MR) is 66.0 cm³/mol. The second-order valence-electron chi connectivity index (χ2n) is 4.29. The third kappa shape index (κ3) is 5.12. The second-order valence-corrected chi connectivity index (χ2v) is 4.29. The predicted octanol–water partition coefficient (Wildman–Crippen LogP) is 1.33. The van der Waals surface area contributed by atoms with Crippen LogP contribution < -0.4 is 5.32 Å². The minimum Gasteiger partial charge on any atom is -0.340 e. The lowest BCUT2D eigenvalue weighted by Crippen LogP contribution is -2.42. The van der Waals surface area contributed by atoms with Crippen LogP contribution in [0.5, 0.6) is 0 Å². The molecule has 1 heterocycles. The van der Waals surface area contributed by atoms with Crippen LogP contribution in [-0.4, -0.2) is 21.4 Å². The smallest absolute Gasteiger partial charge is 0.221 e. The summed E-state index contributed by atoms with van der Waals surface area (Å²) < 4.78 is 0. The van der Waals surface area contributed by atoms with Crippen LogP contribution in [0.25, 0.3) is 0 Å². The lowest BCUT2D eigenvalue weighted by atomic mass is 10.1. The van der Waals surface area contributed by atoms with Crippen molar-refractivity contribution in [1.29, 1.82) is 0 Å². The molecular formula is C13H17N3O. The summed E-state index contributed by atoms with van der Waals surface area (Å²) in [6, 6.07) is 0. The fourth-order valence-electron chi connectivity index (χ4n) is 1.47. The van der Waals surface area contributed by atoms with Gasteiger partial charge in [-0.05, 0) is 32.8 Å². The van der Waals surface area contributed by atoms with E-state index in [0.29, 0.717) is 12.8 Å². The maximum Gasteiger partial charge on any atom is 0.221 e. The molecule has 1 rings (SSSR count). The highest BCUT2D eigenvalue weighted by Gasteiger charge is 2.16. The Morgan fingerprint density at radius 3 is 2.65 bits per heavy atom. The lowest BCUT2D eigenvalue weighted by molar-refractivity contribution is -0.122. The van der Waals surface area contributed by atoms with Crippen LogP contribution in [0.2, 0.25) is 0 Å². The summed E-state index contributed by atoms with van der Waals surface area (Å²) >= 11 is 0. The molecule has 0 unspecified atom stereocenters. The lowest BCUT2D eigenvalue weighted by Gasteiger charge is -2.19. The first kappa shape index (κ1) is 13.2. The zero-order valence-corrected chi connectivity index (χ0v) is 10.4. The molecule has 1 aromatic rings. The number of carbonyl (C=O) groups excluding carboxylic acids is 1. The fraction of sp³-hybridized carbons (Fsp3) is 0.462. The molecule has 0 atom stereocenters. The third-order valence-electron chi connectivity index (χ3n) is 2.14. The third-order valence-corrected chi connectivity index (χ3v) is 2.14. The average Bonchev–Trinajstić information content (AvgIpc) is 2.27. The van der Waals surface area contributed by atoms with Crippen molar-refractivity contribution in [3.05, 3.63) is 24.3 Å². The molecule has 17 heavy (non-hydrogen) atoms. The minimum absolute atomic E-state index is 0.0124. The molecule has 0 aliphatic heterocycles. The molecule has 90 valence electrons. The largest absolute Gasteiger partial charge is 0.340 e. The number of nitrogens with one attached hydrogen (secondary N) is 1. The molecule has 4 nitrogen and oxygen atoms in total. The van der Waals surface area contributed by atoms with E-state index in [-0.39, 0.29) is 5.91 Å². The summed E-state index contributed by atoms with van der Waals surface area (Å²) in [6.45, 7) is 5.52. The molecule has 0 aliphatic carbocycles. The monoisotopic (exact) mass is 231 g/mol. The number of nitrogens with zero attached hydrogens (tertiary/aromatic N) is 2. The molecule has 1 aromatic heterocycles. The first-order valence-corrected chi connectivity index (χ1v) is 5.52. The van der Waals surface area contributed by atoms with E-state index < -0.39 is 5.54 Å². The van der Waals surface area contributed by atoms with Crippen molar-refractivity contribution in [2.75, 3.05) is 0 Å². The summed E-state index contributed by atoms with van der Waals surface area (Å²) in [7, 11) is 0. The quantitative estimate of drug-likeness (QED) is 0.795. The Bertz CT molecular complexity index is 429. The zero-order valence-electron chi connectivity index (χ0n) is 10.4. The molecule has 0 radical (unpaired) electrons. The van der Waals surface area contributed by atoms with E-state index in [4.69, 9.17) is 0 Å². The zero-order chi connectivity index (χ0) is 12.7. The first-order valence-electron chi connectivity index (χ1n) is 5.52. The maximum atomic E-state index is 11.7. The Morgan fingerprint density at radius 2 is 2.06 bits per heavy atom. The molecule has 0 aromatic carbocycles. The molecule has 0 spiro atoms. The van der Waals surface area contributed by atoms with Crippen molar-refractivity contribution < 1.29 is 4.79 Å². The van der Waals surface area contributed by atoms with Crippen molar-refractivity contribution in [3.63, 3.8) is 0 Å². The Labute approximate surface area is 102 Å². The number of rotatable bonds is 4. The topological polar surface area (TPSA) is 54.9 Å². The van der Waals surface area contributed by atoms with Crippen LogP contribution in [-0.2, 0) is 11.2 Å². The van der Waals surface area contributed by atoms with E-state index >= 15 is 0 Å². The van der Waals surface area contributed by atoms with E-state index in [1.807, 2.05) is 13.8 Å². The average molecular weight is 231 g/mol. The molecule has 0 fully saturated rings. The second kappa shape index (κ2) is 6.00. The Balaban J connectivity index is 2.43. The van der Waals surface area contributed by atoms with E-state index in [1.54, 1.807) is 19.3 Å². The normalized spacial score (nSPS) is 10.3. The Hall–Kier alpha value is -1.89. The molecule has 0 saturated carbocycles. The van der Waals surface area contributed by atoms with Crippen LogP contribution in [0.15, 0.2) is 18.7 Å².